The summed E-state index contributed by atoms with van der Waals surface area (Å²) in [5, 5.41) is 13.9. The second-order valence-corrected chi connectivity index (χ2v) is 6.15. The highest BCUT2D eigenvalue weighted by Gasteiger charge is 2.27. The Balaban J connectivity index is 1.93. The van der Waals surface area contributed by atoms with Gasteiger partial charge in [-0.3, -0.25) is 0 Å². The van der Waals surface area contributed by atoms with Crippen LogP contribution >= 0.6 is 15.9 Å². The van der Waals surface area contributed by atoms with E-state index in [-0.39, 0.29) is 6.04 Å². The Kier molecular flexibility index (Phi) is 4.78. The standard InChI is InChI=1S/C14H20BrNO2/c1-14(17,9-13-10-18-6-5-16-13)8-11-3-2-4-12(15)7-11/h2-4,7,13,16-17H,5-6,8-10H2,1H3. The molecular weight excluding hydrogens is 294 g/mol. The minimum Gasteiger partial charge on any atom is -0.390 e. The van der Waals surface area contributed by atoms with E-state index in [0.29, 0.717) is 19.4 Å². The Morgan fingerprint density at radius 2 is 2.39 bits per heavy atom. The van der Waals surface area contributed by atoms with Gasteiger partial charge < -0.3 is 15.2 Å². The van der Waals surface area contributed by atoms with Gasteiger partial charge in [-0.2, -0.15) is 0 Å². The zero-order valence-corrected chi connectivity index (χ0v) is 12.2. The molecule has 1 fully saturated rings. The van der Waals surface area contributed by atoms with E-state index in [1.165, 1.54) is 0 Å². The van der Waals surface area contributed by atoms with E-state index in [2.05, 4.69) is 27.3 Å². The van der Waals surface area contributed by atoms with Gasteiger partial charge in [-0.25, -0.2) is 0 Å². The van der Waals surface area contributed by atoms with Crippen molar-refractivity contribution >= 4 is 15.9 Å². The highest BCUT2D eigenvalue weighted by molar-refractivity contribution is 9.10. The van der Waals surface area contributed by atoms with E-state index in [1.54, 1.807) is 0 Å². The van der Waals surface area contributed by atoms with Crippen molar-refractivity contribution in [3.05, 3.63) is 34.3 Å². The van der Waals surface area contributed by atoms with Crippen LogP contribution in [0.3, 0.4) is 0 Å². The molecule has 1 aromatic carbocycles. The molecule has 0 bridgehead atoms. The third-order valence-electron chi connectivity index (χ3n) is 3.16. The first kappa shape index (κ1) is 14.0. The van der Waals surface area contributed by atoms with E-state index >= 15 is 0 Å². The van der Waals surface area contributed by atoms with Crippen LogP contribution in [-0.2, 0) is 11.2 Å². The Morgan fingerprint density at radius 3 is 3.06 bits per heavy atom. The second-order valence-electron chi connectivity index (χ2n) is 5.23. The molecule has 18 heavy (non-hydrogen) atoms. The highest BCUT2D eigenvalue weighted by atomic mass is 79.9. The van der Waals surface area contributed by atoms with Crippen LogP contribution in [-0.4, -0.2) is 36.5 Å². The average Bonchev–Trinajstić information content (AvgIpc) is 2.28. The predicted molar refractivity (Wildman–Crippen MR) is 75.7 cm³/mol. The molecule has 0 saturated carbocycles. The minimum atomic E-state index is -0.709. The Labute approximate surface area is 117 Å². The van der Waals surface area contributed by atoms with Crippen molar-refractivity contribution < 1.29 is 9.84 Å². The lowest BCUT2D eigenvalue weighted by Gasteiger charge is -2.31. The number of morpholine rings is 1. The number of halogens is 1. The first-order valence-electron chi connectivity index (χ1n) is 6.33. The van der Waals surface area contributed by atoms with Gasteiger partial charge in [0.1, 0.15) is 0 Å². The van der Waals surface area contributed by atoms with Crippen molar-refractivity contribution in [2.75, 3.05) is 19.8 Å². The predicted octanol–water partition coefficient (Wildman–Crippen LogP) is 2.12. The van der Waals surface area contributed by atoms with E-state index < -0.39 is 5.60 Å². The zero-order valence-electron chi connectivity index (χ0n) is 10.7. The molecule has 2 rings (SSSR count). The molecule has 0 aliphatic carbocycles. The van der Waals surface area contributed by atoms with E-state index in [1.807, 2.05) is 25.1 Å². The van der Waals surface area contributed by atoms with Crippen LogP contribution in [0.1, 0.15) is 18.9 Å². The molecule has 0 aromatic heterocycles. The molecule has 3 nitrogen and oxygen atoms in total. The SMILES string of the molecule is CC(O)(Cc1cccc(Br)c1)CC1COCCN1. The van der Waals surface area contributed by atoms with Crippen LogP contribution < -0.4 is 5.32 Å². The van der Waals surface area contributed by atoms with Gasteiger partial charge in [-0.05, 0) is 31.0 Å². The van der Waals surface area contributed by atoms with E-state index in [0.717, 1.165) is 23.2 Å². The van der Waals surface area contributed by atoms with Crippen molar-refractivity contribution in [3.8, 4) is 0 Å². The normalized spacial score (nSPS) is 23.6. The number of hydrogen-bond acceptors (Lipinski definition) is 3. The summed E-state index contributed by atoms with van der Waals surface area (Å²) in [7, 11) is 0. The molecule has 1 heterocycles. The Hall–Kier alpha value is -0.420. The summed E-state index contributed by atoms with van der Waals surface area (Å²) in [5.41, 5.74) is 0.435. The van der Waals surface area contributed by atoms with Gasteiger partial charge in [0.2, 0.25) is 0 Å². The first-order valence-corrected chi connectivity index (χ1v) is 7.12. The summed E-state index contributed by atoms with van der Waals surface area (Å²) in [6.45, 7) is 4.22. The maximum atomic E-state index is 10.5. The number of rotatable bonds is 4. The topological polar surface area (TPSA) is 41.5 Å². The third-order valence-corrected chi connectivity index (χ3v) is 3.65. The fourth-order valence-electron chi connectivity index (χ4n) is 2.44. The van der Waals surface area contributed by atoms with Crippen molar-refractivity contribution in [2.24, 2.45) is 0 Å². The molecule has 2 atom stereocenters. The van der Waals surface area contributed by atoms with Crippen LogP contribution in [0.15, 0.2) is 28.7 Å². The molecule has 2 unspecified atom stereocenters. The zero-order chi connectivity index (χ0) is 13.0. The fourth-order valence-corrected chi connectivity index (χ4v) is 2.89. The summed E-state index contributed by atoms with van der Waals surface area (Å²) < 4.78 is 6.47. The van der Waals surface area contributed by atoms with Crippen molar-refractivity contribution in [1.82, 2.24) is 5.32 Å². The van der Waals surface area contributed by atoms with E-state index in [9.17, 15) is 5.11 Å². The fraction of sp³-hybridized carbons (Fsp3) is 0.571. The molecule has 0 radical (unpaired) electrons. The molecule has 1 aliphatic heterocycles. The summed E-state index contributed by atoms with van der Waals surface area (Å²) in [6, 6.07) is 8.34. The van der Waals surface area contributed by atoms with Crippen LogP contribution in [0.2, 0.25) is 0 Å². The molecule has 2 N–H and O–H groups in total. The molecule has 0 spiro atoms. The largest absolute Gasteiger partial charge is 0.390 e. The van der Waals surface area contributed by atoms with Gasteiger partial charge >= 0.3 is 0 Å². The number of benzene rings is 1. The van der Waals surface area contributed by atoms with Crippen LogP contribution in [0, 0.1) is 0 Å². The van der Waals surface area contributed by atoms with Gasteiger partial charge in [-0.1, -0.05) is 28.1 Å². The quantitative estimate of drug-likeness (QED) is 0.894. The minimum absolute atomic E-state index is 0.251. The van der Waals surface area contributed by atoms with E-state index in [4.69, 9.17) is 4.74 Å². The number of nitrogens with one attached hydrogen (secondary N) is 1. The molecule has 1 aromatic rings. The summed E-state index contributed by atoms with van der Waals surface area (Å²) >= 11 is 3.45. The van der Waals surface area contributed by atoms with Crippen LogP contribution in [0.4, 0.5) is 0 Å². The molecule has 1 aliphatic rings. The lowest BCUT2D eigenvalue weighted by molar-refractivity contribution is 0.00650. The monoisotopic (exact) mass is 313 g/mol. The van der Waals surface area contributed by atoms with Gasteiger partial charge in [0.05, 0.1) is 18.8 Å². The van der Waals surface area contributed by atoms with Gasteiger partial charge in [0.25, 0.3) is 0 Å². The number of aliphatic hydroxyl groups is 1. The lowest BCUT2D eigenvalue weighted by atomic mass is 9.90. The Morgan fingerprint density at radius 1 is 1.56 bits per heavy atom. The molecule has 100 valence electrons. The highest BCUT2D eigenvalue weighted by Crippen LogP contribution is 2.21. The third kappa shape index (κ3) is 4.35. The maximum absolute atomic E-state index is 10.5. The molecule has 4 heteroatoms. The molecular formula is C14H20BrNO2. The number of hydrogen-bond donors (Lipinski definition) is 2. The smallest absolute Gasteiger partial charge is 0.0675 e. The lowest BCUT2D eigenvalue weighted by Crippen LogP contribution is -2.46. The first-order chi connectivity index (χ1) is 8.55. The van der Waals surface area contributed by atoms with Gasteiger partial charge in [-0.15, -0.1) is 0 Å². The number of ether oxygens (including phenoxy) is 1. The summed E-state index contributed by atoms with van der Waals surface area (Å²) in [6.07, 6.45) is 1.37. The maximum Gasteiger partial charge on any atom is 0.0675 e. The molecule has 0 amide bonds. The van der Waals surface area contributed by atoms with Crippen LogP contribution in [0.5, 0.6) is 0 Å². The summed E-state index contributed by atoms with van der Waals surface area (Å²) in [4.78, 5) is 0. The van der Waals surface area contributed by atoms with Crippen LogP contribution in [0.25, 0.3) is 0 Å². The Bertz CT molecular complexity index is 389. The van der Waals surface area contributed by atoms with Crippen molar-refractivity contribution in [3.63, 3.8) is 0 Å². The second kappa shape index (κ2) is 6.15. The van der Waals surface area contributed by atoms with Crippen molar-refractivity contribution in [1.29, 1.82) is 0 Å². The van der Waals surface area contributed by atoms with Crippen molar-refractivity contribution in [2.45, 2.75) is 31.4 Å². The summed E-state index contributed by atoms with van der Waals surface area (Å²) in [5.74, 6) is 0. The molecule has 1 saturated heterocycles. The van der Waals surface area contributed by atoms with Gasteiger partial charge in [0, 0.05) is 23.5 Å². The van der Waals surface area contributed by atoms with Gasteiger partial charge in [0.15, 0.2) is 0 Å². The average molecular weight is 314 g/mol.